The summed E-state index contributed by atoms with van der Waals surface area (Å²) in [5, 5.41) is 2.16. The number of unbranched alkanes of at least 4 members (excludes halogenated alkanes) is 1. The number of halogens is 1. The Hall–Kier alpha value is -2.33. The molecule has 0 aromatic heterocycles. The van der Waals surface area contributed by atoms with Gasteiger partial charge in [0.25, 0.3) is 5.91 Å². The van der Waals surface area contributed by atoms with E-state index in [-0.39, 0.29) is 11.8 Å². The Morgan fingerprint density at radius 3 is 2.32 bits per heavy atom. The van der Waals surface area contributed by atoms with Crippen LogP contribution in [0, 0.1) is 6.92 Å². The van der Waals surface area contributed by atoms with Gasteiger partial charge in [-0.2, -0.15) is 0 Å². The van der Waals surface area contributed by atoms with Crippen LogP contribution in [-0.2, 0) is 11.2 Å². The first-order valence-electron chi connectivity index (χ1n) is 9.62. The molecule has 2 aromatic carbocycles. The number of hydrazine groups is 1. The molecule has 28 heavy (non-hydrogen) atoms. The third-order valence-corrected chi connectivity index (χ3v) is 4.66. The standard InChI is InChI=1S/C23H29ClN2O2/c1-17-8-7-10-19(16-17)22(28)26(23(2,3)4)25-21(27)11-6-5-9-18-12-14-20(24)15-13-18/h7-8,10,12-16H,5-6,9,11H2,1-4H3,(H,25,27). The molecule has 0 saturated heterocycles. The van der Waals surface area contributed by atoms with E-state index in [1.807, 2.05) is 70.2 Å². The average molecular weight is 401 g/mol. The van der Waals surface area contributed by atoms with Crippen molar-refractivity contribution in [2.24, 2.45) is 0 Å². The maximum absolute atomic E-state index is 12.9. The van der Waals surface area contributed by atoms with Gasteiger partial charge < -0.3 is 0 Å². The lowest BCUT2D eigenvalue weighted by molar-refractivity contribution is -0.127. The molecule has 0 aliphatic rings. The van der Waals surface area contributed by atoms with Gasteiger partial charge in [0.05, 0.1) is 5.54 Å². The fraction of sp³-hybridized carbons (Fsp3) is 0.391. The van der Waals surface area contributed by atoms with Gasteiger partial charge in [-0.3, -0.25) is 15.0 Å². The Bertz CT molecular complexity index is 810. The summed E-state index contributed by atoms with van der Waals surface area (Å²) in [5.41, 5.74) is 5.06. The van der Waals surface area contributed by atoms with Crippen LogP contribution in [0.3, 0.4) is 0 Å². The summed E-state index contributed by atoms with van der Waals surface area (Å²) in [5.74, 6) is -0.349. The lowest BCUT2D eigenvalue weighted by Gasteiger charge is -2.35. The normalized spacial score (nSPS) is 11.2. The van der Waals surface area contributed by atoms with Crippen LogP contribution in [0.2, 0.25) is 5.02 Å². The minimum Gasteiger partial charge on any atom is -0.273 e. The second-order valence-corrected chi connectivity index (χ2v) is 8.49. The van der Waals surface area contributed by atoms with Crippen LogP contribution in [0.5, 0.6) is 0 Å². The SMILES string of the molecule is Cc1cccc(C(=O)N(NC(=O)CCCCc2ccc(Cl)cc2)C(C)(C)C)c1. The van der Waals surface area contributed by atoms with Gasteiger partial charge in [0.1, 0.15) is 0 Å². The first-order chi connectivity index (χ1) is 13.2. The topological polar surface area (TPSA) is 49.4 Å². The highest BCUT2D eigenvalue weighted by Gasteiger charge is 2.29. The quantitative estimate of drug-likeness (QED) is 0.526. The summed E-state index contributed by atoms with van der Waals surface area (Å²) in [6.07, 6.45) is 2.93. The molecule has 5 heteroatoms. The van der Waals surface area contributed by atoms with Gasteiger partial charge in [0.15, 0.2) is 0 Å². The number of nitrogens with one attached hydrogen (secondary N) is 1. The van der Waals surface area contributed by atoms with Gasteiger partial charge in [-0.1, -0.05) is 41.4 Å². The van der Waals surface area contributed by atoms with E-state index in [0.29, 0.717) is 12.0 Å². The number of carbonyl (C=O) groups excluding carboxylic acids is 2. The molecule has 1 N–H and O–H groups in total. The zero-order valence-electron chi connectivity index (χ0n) is 17.1. The van der Waals surface area contributed by atoms with Crippen molar-refractivity contribution in [3.63, 3.8) is 0 Å². The zero-order chi connectivity index (χ0) is 20.7. The van der Waals surface area contributed by atoms with Crippen LogP contribution in [0.25, 0.3) is 0 Å². The average Bonchev–Trinajstić information content (AvgIpc) is 2.63. The van der Waals surface area contributed by atoms with Crippen molar-refractivity contribution in [1.82, 2.24) is 10.4 Å². The molecule has 0 fully saturated rings. The summed E-state index contributed by atoms with van der Waals surface area (Å²) in [4.78, 5) is 25.4. The fourth-order valence-corrected chi connectivity index (χ4v) is 3.00. The van der Waals surface area contributed by atoms with Gasteiger partial charge in [0, 0.05) is 17.0 Å². The van der Waals surface area contributed by atoms with Gasteiger partial charge in [0.2, 0.25) is 5.91 Å². The molecule has 0 aliphatic carbocycles. The Labute approximate surface area is 172 Å². The van der Waals surface area contributed by atoms with Gasteiger partial charge >= 0.3 is 0 Å². The smallest absolute Gasteiger partial charge is 0.272 e. The van der Waals surface area contributed by atoms with Crippen LogP contribution in [-0.4, -0.2) is 22.4 Å². The number of rotatable bonds is 6. The molecule has 2 aromatic rings. The Balaban J connectivity index is 1.90. The number of amides is 2. The van der Waals surface area contributed by atoms with Gasteiger partial charge in [-0.25, -0.2) is 5.01 Å². The lowest BCUT2D eigenvalue weighted by Crippen LogP contribution is -2.55. The van der Waals surface area contributed by atoms with E-state index in [2.05, 4.69) is 5.43 Å². The number of hydrogen-bond donors (Lipinski definition) is 1. The molecular weight excluding hydrogens is 372 g/mol. The number of nitrogens with zero attached hydrogens (tertiary/aromatic N) is 1. The van der Waals surface area contributed by atoms with Crippen LogP contribution in [0.15, 0.2) is 48.5 Å². The largest absolute Gasteiger partial charge is 0.273 e. The van der Waals surface area contributed by atoms with Crippen molar-refractivity contribution in [3.8, 4) is 0 Å². The highest BCUT2D eigenvalue weighted by atomic mass is 35.5. The predicted octanol–water partition coefficient (Wildman–Crippen LogP) is 5.33. The predicted molar refractivity (Wildman–Crippen MR) is 114 cm³/mol. The monoisotopic (exact) mass is 400 g/mol. The van der Waals surface area contributed by atoms with E-state index >= 15 is 0 Å². The minimum absolute atomic E-state index is 0.146. The number of carbonyl (C=O) groups is 2. The van der Waals surface area contributed by atoms with Crippen molar-refractivity contribution >= 4 is 23.4 Å². The van der Waals surface area contributed by atoms with Crippen molar-refractivity contribution in [3.05, 3.63) is 70.2 Å². The number of benzene rings is 2. The van der Waals surface area contributed by atoms with E-state index in [4.69, 9.17) is 11.6 Å². The maximum Gasteiger partial charge on any atom is 0.272 e. The van der Waals surface area contributed by atoms with Crippen LogP contribution in [0.4, 0.5) is 0 Å². The Morgan fingerprint density at radius 2 is 1.71 bits per heavy atom. The van der Waals surface area contributed by atoms with Crippen LogP contribution in [0.1, 0.15) is 61.5 Å². The van der Waals surface area contributed by atoms with E-state index in [1.165, 1.54) is 10.6 Å². The van der Waals surface area contributed by atoms with Crippen molar-refractivity contribution in [1.29, 1.82) is 0 Å². The molecule has 0 radical (unpaired) electrons. The summed E-state index contributed by atoms with van der Waals surface area (Å²) in [6.45, 7) is 7.65. The van der Waals surface area contributed by atoms with E-state index in [9.17, 15) is 9.59 Å². The highest BCUT2D eigenvalue weighted by Crippen LogP contribution is 2.17. The summed E-state index contributed by atoms with van der Waals surface area (Å²) < 4.78 is 0. The Morgan fingerprint density at radius 1 is 1.04 bits per heavy atom. The highest BCUT2D eigenvalue weighted by molar-refractivity contribution is 6.30. The molecule has 0 bridgehead atoms. The van der Waals surface area contributed by atoms with Crippen LogP contribution >= 0.6 is 11.6 Å². The molecule has 0 spiro atoms. The third-order valence-electron chi connectivity index (χ3n) is 4.41. The second kappa shape index (κ2) is 9.74. The molecule has 0 atom stereocenters. The Kier molecular flexibility index (Phi) is 7.64. The summed E-state index contributed by atoms with van der Waals surface area (Å²) >= 11 is 5.89. The molecule has 0 saturated carbocycles. The zero-order valence-corrected chi connectivity index (χ0v) is 17.8. The second-order valence-electron chi connectivity index (χ2n) is 8.05. The number of hydrogen-bond acceptors (Lipinski definition) is 2. The molecule has 0 aliphatic heterocycles. The molecule has 2 amide bonds. The van der Waals surface area contributed by atoms with E-state index < -0.39 is 5.54 Å². The summed E-state index contributed by atoms with van der Waals surface area (Å²) in [6, 6.07) is 15.2. The minimum atomic E-state index is -0.528. The maximum atomic E-state index is 12.9. The summed E-state index contributed by atoms with van der Waals surface area (Å²) in [7, 11) is 0. The van der Waals surface area contributed by atoms with Crippen LogP contribution < -0.4 is 5.43 Å². The van der Waals surface area contributed by atoms with Gasteiger partial charge in [-0.15, -0.1) is 0 Å². The first-order valence-corrected chi connectivity index (χ1v) is 10.00. The van der Waals surface area contributed by atoms with Crippen molar-refractivity contribution in [2.45, 2.75) is 58.9 Å². The fourth-order valence-electron chi connectivity index (χ4n) is 2.88. The van der Waals surface area contributed by atoms with E-state index in [1.54, 1.807) is 6.07 Å². The van der Waals surface area contributed by atoms with Crippen molar-refractivity contribution in [2.75, 3.05) is 0 Å². The molecule has 0 heterocycles. The molecule has 150 valence electrons. The van der Waals surface area contributed by atoms with Gasteiger partial charge in [-0.05, 0) is 76.8 Å². The molecule has 4 nitrogen and oxygen atoms in total. The third kappa shape index (κ3) is 6.68. The van der Waals surface area contributed by atoms with Crippen molar-refractivity contribution < 1.29 is 9.59 Å². The lowest BCUT2D eigenvalue weighted by atomic mass is 10.1. The van der Waals surface area contributed by atoms with E-state index in [0.717, 1.165) is 29.8 Å². The first kappa shape index (κ1) is 22.0. The number of aryl methyl sites for hydroxylation is 2. The molecule has 2 rings (SSSR count). The molecule has 0 unspecified atom stereocenters. The molecular formula is C23H29ClN2O2.